The number of rotatable bonds is 4. The van der Waals surface area contributed by atoms with Crippen LogP contribution in [0.3, 0.4) is 0 Å². The van der Waals surface area contributed by atoms with Crippen LogP contribution >= 0.6 is 11.3 Å². The number of hydrogen-bond donors (Lipinski definition) is 1. The van der Waals surface area contributed by atoms with Gasteiger partial charge in [-0.2, -0.15) is 0 Å². The minimum Gasteiger partial charge on any atom is -0.497 e. The summed E-state index contributed by atoms with van der Waals surface area (Å²) in [7, 11) is 1.65. The van der Waals surface area contributed by atoms with E-state index in [1.165, 1.54) is 11.3 Å². The smallest absolute Gasteiger partial charge is 0.241 e. The Morgan fingerprint density at radius 1 is 1.45 bits per heavy atom. The first-order chi connectivity index (χ1) is 9.76. The molecule has 3 rings (SSSR count). The Hall–Kier alpha value is -1.82. The molecule has 106 valence electrons. The van der Waals surface area contributed by atoms with Crippen LogP contribution in [-0.4, -0.2) is 42.5 Å². The summed E-state index contributed by atoms with van der Waals surface area (Å²) in [6.07, 6.45) is 2.24. The predicted octanol–water partition coefficient (Wildman–Crippen LogP) is 2.34. The molecule has 1 aromatic heterocycles. The van der Waals surface area contributed by atoms with Crippen LogP contribution in [0.15, 0.2) is 18.2 Å². The lowest BCUT2D eigenvalue weighted by molar-refractivity contribution is -0.128. The zero-order valence-electron chi connectivity index (χ0n) is 11.4. The molecule has 0 bridgehead atoms. The predicted molar refractivity (Wildman–Crippen MR) is 80.5 cm³/mol. The molecule has 2 heterocycles. The van der Waals surface area contributed by atoms with Gasteiger partial charge in [0.15, 0.2) is 5.13 Å². The summed E-state index contributed by atoms with van der Waals surface area (Å²) in [5, 5.41) is 3.90. The first-order valence-electron chi connectivity index (χ1n) is 6.72. The topological polar surface area (TPSA) is 54.5 Å². The number of aromatic nitrogens is 1. The van der Waals surface area contributed by atoms with Crippen LogP contribution < -0.4 is 10.1 Å². The largest absolute Gasteiger partial charge is 0.497 e. The lowest BCUT2D eigenvalue weighted by Gasteiger charge is -2.14. The number of thiazole rings is 1. The van der Waals surface area contributed by atoms with Crippen molar-refractivity contribution in [3.05, 3.63) is 18.2 Å². The van der Waals surface area contributed by atoms with E-state index in [1.807, 2.05) is 23.1 Å². The summed E-state index contributed by atoms with van der Waals surface area (Å²) in [5.41, 5.74) is 0.923. The highest BCUT2D eigenvalue weighted by Gasteiger charge is 2.17. The third kappa shape index (κ3) is 2.70. The van der Waals surface area contributed by atoms with E-state index in [-0.39, 0.29) is 5.91 Å². The monoisotopic (exact) mass is 291 g/mol. The highest BCUT2D eigenvalue weighted by molar-refractivity contribution is 7.22. The van der Waals surface area contributed by atoms with Crippen molar-refractivity contribution in [2.75, 3.05) is 32.1 Å². The first-order valence-corrected chi connectivity index (χ1v) is 7.54. The molecule has 1 saturated heterocycles. The van der Waals surface area contributed by atoms with Crippen LogP contribution in [0.4, 0.5) is 5.13 Å². The number of anilines is 1. The molecule has 1 amide bonds. The van der Waals surface area contributed by atoms with E-state index in [9.17, 15) is 4.79 Å². The molecule has 5 nitrogen and oxygen atoms in total. The van der Waals surface area contributed by atoms with Gasteiger partial charge in [-0.15, -0.1) is 0 Å². The Kier molecular flexibility index (Phi) is 3.73. The van der Waals surface area contributed by atoms with Gasteiger partial charge in [0.1, 0.15) is 5.75 Å². The highest BCUT2D eigenvalue weighted by atomic mass is 32.1. The lowest BCUT2D eigenvalue weighted by atomic mass is 10.3. The van der Waals surface area contributed by atoms with Gasteiger partial charge in [-0.05, 0) is 31.0 Å². The van der Waals surface area contributed by atoms with Gasteiger partial charge in [0.05, 0.1) is 23.9 Å². The molecule has 0 aliphatic carbocycles. The number of carbonyl (C=O) groups is 1. The van der Waals surface area contributed by atoms with E-state index >= 15 is 0 Å². The van der Waals surface area contributed by atoms with Crippen molar-refractivity contribution in [3.8, 4) is 5.75 Å². The first kappa shape index (κ1) is 13.2. The summed E-state index contributed by atoms with van der Waals surface area (Å²) in [6, 6.07) is 5.78. The number of hydrogen-bond acceptors (Lipinski definition) is 5. The second-order valence-electron chi connectivity index (χ2n) is 4.79. The van der Waals surface area contributed by atoms with Crippen molar-refractivity contribution in [2.45, 2.75) is 12.8 Å². The second-order valence-corrected chi connectivity index (χ2v) is 5.82. The van der Waals surface area contributed by atoms with Gasteiger partial charge in [0.25, 0.3) is 0 Å². The number of fused-ring (bicyclic) bond motifs is 1. The Balaban J connectivity index is 1.66. The maximum absolute atomic E-state index is 12.0. The molecule has 2 aromatic rings. The number of carbonyl (C=O) groups excluding carboxylic acids is 1. The molecule has 0 atom stereocenters. The summed E-state index contributed by atoms with van der Waals surface area (Å²) in [5.74, 6) is 0.972. The fourth-order valence-electron chi connectivity index (χ4n) is 2.34. The van der Waals surface area contributed by atoms with E-state index in [4.69, 9.17) is 4.74 Å². The van der Waals surface area contributed by atoms with E-state index < -0.39 is 0 Å². The van der Waals surface area contributed by atoms with Gasteiger partial charge in [0.2, 0.25) is 5.91 Å². The number of ether oxygens (including phenoxy) is 1. The molecule has 0 radical (unpaired) electrons. The van der Waals surface area contributed by atoms with Crippen molar-refractivity contribution < 1.29 is 9.53 Å². The minimum absolute atomic E-state index is 0.152. The Morgan fingerprint density at radius 3 is 3.00 bits per heavy atom. The molecule has 1 aliphatic heterocycles. The molecular formula is C14H17N3O2S. The number of methoxy groups -OCH3 is 1. The molecule has 0 unspecified atom stereocenters. The van der Waals surface area contributed by atoms with Crippen LogP contribution in [-0.2, 0) is 4.79 Å². The van der Waals surface area contributed by atoms with Crippen molar-refractivity contribution >= 4 is 32.6 Å². The number of amides is 1. The highest BCUT2D eigenvalue weighted by Crippen LogP contribution is 2.29. The Labute approximate surface area is 121 Å². The fourth-order valence-corrected chi connectivity index (χ4v) is 3.23. The van der Waals surface area contributed by atoms with Crippen LogP contribution in [0.5, 0.6) is 5.75 Å². The van der Waals surface area contributed by atoms with E-state index in [0.29, 0.717) is 6.54 Å². The third-order valence-electron chi connectivity index (χ3n) is 3.45. The average Bonchev–Trinajstić information content (AvgIpc) is 3.12. The van der Waals surface area contributed by atoms with Crippen LogP contribution in [0.25, 0.3) is 10.2 Å². The second kappa shape index (κ2) is 5.66. The normalized spacial score (nSPS) is 14.8. The van der Waals surface area contributed by atoms with Crippen molar-refractivity contribution in [3.63, 3.8) is 0 Å². The van der Waals surface area contributed by atoms with E-state index in [0.717, 1.165) is 47.0 Å². The van der Waals surface area contributed by atoms with E-state index in [2.05, 4.69) is 10.3 Å². The maximum atomic E-state index is 12.0. The van der Waals surface area contributed by atoms with Gasteiger partial charge in [0, 0.05) is 13.1 Å². The summed E-state index contributed by atoms with van der Waals surface area (Å²) in [6.45, 7) is 2.09. The minimum atomic E-state index is 0.152. The molecule has 20 heavy (non-hydrogen) atoms. The van der Waals surface area contributed by atoms with Gasteiger partial charge in [-0.1, -0.05) is 11.3 Å². The van der Waals surface area contributed by atoms with Crippen LogP contribution in [0.1, 0.15) is 12.8 Å². The molecule has 6 heteroatoms. The van der Waals surface area contributed by atoms with Crippen LogP contribution in [0, 0.1) is 0 Å². The average molecular weight is 291 g/mol. The van der Waals surface area contributed by atoms with Crippen molar-refractivity contribution in [2.24, 2.45) is 0 Å². The number of nitrogens with one attached hydrogen (secondary N) is 1. The summed E-state index contributed by atoms with van der Waals surface area (Å²) < 4.78 is 6.25. The summed E-state index contributed by atoms with van der Waals surface area (Å²) in [4.78, 5) is 18.3. The van der Waals surface area contributed by atoms with Gasteiger partial charge in [-0.3, -0.25) is 4.79 Å². The quantitative estimate of drug-likeness (QED) is 0.939. The SMILES string of the molecule is COc1ccc2nc(NCC(=O)N3CCCC3)sc2c1. The molecule has 1 aliphatic rings. The van der Waals surface area contributed by atoms with Crippen LogP contribution in [0.2, 0.25) is 0 Å². The molecule has 1 N–H and O–H groups in total. The van der Waals surface area contributed by atoms with Gasteiger partial charge in [-0.25, -0.2) is 4.98 Å². The molecular weight excluding hydrogens is 274 g/mol. The Bertz CT molecular complexity index is 620. The third-order valence-corrected chi connectivity index (χ3v) is 4.42. The zero-order valence-corrected chi connectivity index (χ0v) is 12.2. The van der Waals surface area contributed by atoms with Crippen molar-refractivity contribution in [1.29, 1.82) is 0 Å². The maximum Gasteiger partial charge on any atom is 0.241 e. The standard InChI is InChI=1S/C14H17N3O2S/c1-19-10-4-5-11-12(8-10)20-14(16-11)15-9-13(18)17-6-2-3-7-17/h4-5,8H,2-3,6-7,9H2,1H3,(H,15,16). The Morgan fingerprint density at radius 2 is 2.25 bits per heavy atom. The molecule has 1 fully saturated rings. The molecule has 1 aromatic carbocycles. The lowest BCUT2D eigenvalue weighted by Crippen LogP contribution is -2.32. The van der Waals surface area contributed by atoms with E-state index in [1.54, 1.807) is 7.11 Å². The molecule has 0 spiro atoms. The zero-order chi connectivity index (χ0) is 13.9. The van der Waals surface area contributed by atoms with Gasteiger partial charge < -0.3 is 15.0 Å². The fraction of sp³-hybridized carbons (Fsp3) is 0.429. The van der Waals surface area contributed by atoms with Crippen molar-refractivity contribution in [1.82, 2.24) is 9.88 Å². The number of benzene rings is 1. The summed E-state index contributed by atoms with van der Waals surface area (Å²) >= 11 is 1.54. The number of nitrogens with zero attached hydrogens (tertiary/aromatic N) is 2. The van der Waals surface area contributed by atoms with Gasteiger partial charge >= 0.3 is 0 Å². The number of likely N-dealkylation sites (tertiary alicyclic amines) is 1. The molecule has 0 saturated carbocycles.